The van der Waals surface area contributed by atoms with E-state index in [1.807, 2.05) is 0 Å². The van der Waals surface area contributed by atoms with E-state index in [1.54, 1.807) is 6.33 Å². The van der Waals surface area contributed by atoms with Crippen LogP contribution in [0.25, 0.3) is 0 Å². The number of aromatic nitrogens is 2. The van der Waals surface area contributed by atoms with Gasteiger partial charge in [-0.3, -0.25) is 0 Å². The number of fused-ring (bicyclic) bond motifs is 2. The average Bonchev–Trinajstić information content (AvgIpc) is 2.77. The summed E-state index contributed by atoms with van der Waals surface area (Å²) >= 11 is 0. The zero-order chi connectivity index (χ0) is 18.4. The molecule has 1 atom stereocenters. The van der Waals surface area contributed by atoms with Crippen molar-refractivity contribution in [3.8, 4) is 5.75 Å². The van der Waals surface area contributed by atoms with Crippen LogP contribution in [0, 0.1) is 6.92 Å². The standard InChI is InChI=1S/C20H25N5O2/c1-12-7-14(15-9-21-10-15)8-16-18(12)27-13(2)17-19(24-16)22-11-23-20(17)25-3-5-26-6-4-25/h7-8,11,13,15,21H,3-6,9-10H2,1-2H3,(H,22,23,24)/t13-/m0/s1. The summed E-state index contributed by atoms with van der Waals surface area (Å²) in [6.07, 6.45) is 1.50. The number of nitrogens with zero attached hydrogens (tertiary/aromatic N) is 3. The van der Waals surface area contributed by atoms with Gasteiger partial charge in [-0.1, -0.05) is 6.07 Å². The molecule has 2 fully saturated rings. The number of benzene rings is 1. The van der Waals surface area contributed by atoms with Gasteiger partial charge in [0.25, 0.3) is 0 Å². The molecule has 0 saturated carbocycles. The Labute approximate surface area is 159 Å². The van der Waals surface area contributed by atoms with Crippen LogP contribution in [0.15, 0.2) is 18.5 Å². The lowest BCUT2D eigenvalue weighted by atomic mass is 9.92. The lowest BCUT2D eigenvalue weighted by Gasteiger charge is -2.30. The monoisotopic (exact) mass is 367 g/mol. The van der Waals surface area contributed by atoms with Crippen LogP contribution < -0.4 is 20.3 Å². The highest BCUT2D eigenvalue weighted by atomic mass is 16.5. The first-order valence-electron chi connectivity index (χ1n) is 9.67. The van der Waals surface area contributed by atoms with E-state index in [0.717, 1.165) is 73.6 Å². The van der Waals surface area contributed by atoms with Crippen LogP contribution in [0.2, 0.25) is 0 Å². The smallest absolute Gasteiger partial charge is 0.146 e. The van der Waals surface area contributed by atoms with Crippen molar-refractivity contribution in [2.45, 2.75) is 25.9 Å². The molecule has 0 unspecified atom stereocenters. The summed E-state index contributed by atoms with van der Waals surface area (Å²) in [6, 6.07) is 4.47. The third-order valence-corrected chi connectivity index (χ3v) is 5.68. The fourth-order valence-corrected chi connectivity index (χ4v) is 4.06. The summed E-state index contributed by atoms with van der Waals surface area (Å²) in [4.78, 5) is 11.4. The summed E-state index contributed by atoms with van der Waals surface area (Å²) in [5.41, 5.74) is 4.51. The number of hydrogen-bond donors (Lipinski definition) is 2. The first-order chi connectivity index (χ1) is 13.2. The summed E-state index contributed by atoms with van der Waals surface area (Å²) in [7, 11) is 0. The quantitative estimate of drug-likeness (QED) is 0.845. The number of aryl methyl sites for hydroxylation is 1. The van der Waals surface area contributed by atoms with Crippen LogP contribution in [0.1, 0.15) is 35.6 Å². The maximum absolute atomic E-state index is 6.42. The van der Waals surface area contributed by atoms with Crippen LogP contribution in [-0.2, 0) is 4.74 Å². The van der Waals surface area contributed by atoms with Gasteiger partial charge in [-0.25, -0.2) is 9.97 Å². The summed E-state index contributed by atoms with van der Waals surface area (Å²) in [5, 5.41) is 6.89. The van der Waals surface area contributed by atoms with Crippen molar-refractivity contribution in [1.29, 1.82) is 0 Å². The molecule has 5 rings (SSSR count). The predicted molar refractivity (Wildman–Crippen MR) is 104 cm³/mol. The van der Waals surface area contributed by atoms with Gasteiger partial charge in [-0.15, -0.1) is 0 Å². The fourth-order valence-electron chi connectivity index (χ4n) is 4.06. The highest BCUT2D eigenvalue weighted by Crippen LogP contribution is 2.44. The van der Waals surface area contributed by atoms with Crippen molar-refractivity contribution in [2.75, 3.05) is 49.6 Å². The average molecular weight is 367 g/mol. The van der Waals surface area contributed by atoms with Crippen molar-refractivity contribution in [3.63, 3.8) is 0 Å². The molecular weight excluding hydrogens is 342 g/mol. The molecule has 0 spiro atoms. The normalized spacial score (nSPS) is 22.0. The van der Waals surface area contributed by atoms with Gasteiger partial charge in [0.1, 0.15) is 29.8 Å². The molecule has 2 aromatic rings. The molecular formula is C20H25N5O2. The van der Waals surface area contributed by atoms with Crippen molar-refractivity contribution in [2.24, 2.45) is 0 Å². The molecule has 0 bridgehead atoms. The molecule has 0 amide bonds. The van der Waals surface area contributed by atoms with E-state index in [0.29, 0.717) is 5.92 Å². The number of ether oxygens (including phenoxy) is 2. The van der Waals surface area contributed by atoms with E-state index in [2.05, 4.69) is 51.5 Å². The summed E-state index contributed by atoms with van der Waals surface area (Å²) in [5.74, 6) is 3.26. The van der Waals surface area contributed by atoms with Crippen molar-refractivity contribution in [3.05, 3.63) is 35.2 Å². The SMILES string of the molecule is Cc1cc(C2CNC2)cc2c1O[C@@H](C)c1c(ncnc1N1CCOCC1)N2. The molecule has 0 radical (unpaired) electrons. The van der Waals surface area contributed by atoms with Gasteiger partial charge in [0.15, 0.2) is 0 Å². The van der Waals surface area contributed by atoms with Gasteiger partial charge in [0.05, 0.1) is 24.5 Å². The zero-order valence-electron chi connectivity index (χ0n) is 15.8. The van der Waals surface area contributed by atoms with Gasteiger partial charge in [-0.2, -0.15) is 0 Å². The first kappa shape index (κ1) is 16.8. The van der Waals surface area contributed by atoms with E-state index in [4.69, 9.17) is 9.47 Å². The third kappa shape index (κ3) is 2.91. The molecule has 2 N–H and O–H groups in total. The van der Waals surface area contributed by atoms with Gasteiger partial charge >= 0.3 is 0 Å². The van der Waals surface area contributed by atoms with E-state index in [1.165, 1.54) is 5.56 Å². The first-order valence-corrected chi connectivity index (χ1v) is 9.67. The number of hydrogen-bond acceptors (Lipinski definition) is 7. The molecule has 7 heteroatoms. The second kappa shape index (κ2) is 6.65. The molecule has 142 valence electrons. The molecule has 7 nitrogen and oxygen atoms in total. The minimum Gasteiger partial charge on any atom is -0.483 e. The van der Waals surface area contributed by atoms with Crippen molar-refractivity contribution in [1.82, 2.24) is 15.3 Å². The Morgan fingerprint density at radius 2 is 1.96 bits per heavy atom. The predicted octanol–water partition coefficient (Wildman–Crippen LogP) is 2.51. The molecule has 27 heavy (non-hydrogen) atoms. The Kier molecular flexibility index (Phi) is 4.13. The Morgan fingerprint density at radius 3 is 2.70 bits per heavy atom. The van der Waals surface area contributed by atoms with Crippen molar-refractivity contribution >= 4 is 17.3 Å². The summed E-state index contributed by atoms with van der Waals surface area (Å²) < 4.78 is 11.9. The van der Waals surface area contributed by atoms with E-state index < -0.39 is 0 Å². The summed E-state index contributed by atoms with van der Waals surface area (Å²) in [6.45, 7) is 9.38. The maximum Gasteiger partial charge on any atom is 0.146 e. The number of rotatable bonds is 2. The van der Waals surface area contributed by atoms with E-state index >= 15 is 0 Å². The molecule has 1 aromatic heterocycles. The van der Waals surface area contributed by atoms with Crippen LogP contribution in [-0.4, -0.2) is 49.4 Å². The van der Waals surface area contributed by atoms with Gasteiger partial charge < -0.3 is 25.0 Å². The van der Waals surface area contributed by atoms with Crippen LogP contribution in [0.5, 0.6) is 5.75 Å². The highest BCUT2D eigenvalue weighted by molar-refractivity contribution is 5.74. The topological polar surface area (TPSA) is 71.5 Å². The Morgan fingerprint density at radius 1 is 1.15 bits per heavy atom. The Hall–Kier alpha value is -2.38. The highest BCUT2D eigenvalue weighted by Gasteiger charge is 2.30. The lowest BCUT2D eigenvalue weighted by molar-refractivity contribution is 0.122. The van der Waals surface area contributed by atoms with Gasteiger partial charge in [-0.05, 0) is 31.0 Å². The second-order valence-electron chi connectivity index (χ2n) is 7.51. The lowest BCUT2D eigenvalue weighted by Crippen LogP contribution is -2.39. The van der Waals surface area contributed by atoms with Crippen LogP contribution >= 0.6 is 0 Å². The fraction of sp³-hybridized carbons (Fsp3) is 0.500. The Bertz CT molecular complexity index is 862. The van der Waals surface area contributed by atoms with Crippen LogP contribution in [0.4, 0.5) is 17.3 Å². The van der Waals surface area contributed by atoms with Gasteiger partial charge in [0.2, 0.25) is 0 Å². The molecule has 0 aliphatic carbocycles. The number of morpholine rings is 1. The molecule has 2 saturated heterocycles. The molecule has 1 aromatic carbocycles. The van der Waals surface area contributed by atoms with E-state index in [-0.39, 0.29) is 6.10 Å². The molecule has 4 heterocycles. The minimum atomic E-state index is -0.136. The zero-order valence-corrected chi connectivity index (χ0v) is 15.8. The number of anilines is 3. The minimum absolute atomic E-state index is 0.136. The van der Waals surface area contributed by atoms with Crippen LogP contribution in [0.3, 0.4) is 0 Å². The largest absolute Gasteiger partial charge is 0.483 e. The molecule has 3 aliphatic rings. The Balaban J connectivity index is 1.56. The second-order valence-corrected chi connectivity index (χ2v) is 7.51. The van der Waals surface area contributed by atoms with E-state index in [9.17, 15) is 0 Å². The third-order valence-electron chi connectivity index (χ3n) is 5.68. The number of nitrogens with one attached hydrogen (secondary N) is 2. The van der Waals surface area contributed by atoms with Gasteiger partial charge in [0, 0.05) is 32.1 Å². The van der Waals surface area contributed by atoms with Crippen molar-refractivity contribution < 1.29 is 9.47 Å². The maximum atomic E-state index is 6.42. The molecule has 3 aliphatic heterocycles.